The van der Waals surface area contributed by atoms with Crippen molar-refractivity contribution in [2.24, 2.45) is 0 Å². The average molecular weight is 424 g/mol. The molecule has 0 saturated heterocycles. The van der Waals surface area contributed by atoms with Crippen molar-refractivity contribution in [3.05, 3.63) is 52.8 Å². The van der Waals surface area contributed by atoms with E-state index >= 15 is 0 Å². The monoisotopic (exact) mass is 424 g/mol. The van der Waals surface area contributed by atoms with Gasteiger partial charge in [-0.25, -0.2) is 18.2 Å². The van der Waals surface area contributed by atoms with Gasteiger partial charge < -0.3 is 9.64 Å². The summed E-state index contributed by atoms with van der Waals surface area (Å²) in [5.41, 5.74) is -0.930. The zero-order valence-electron chi connectivity index (χ0n) is 14.2. The maximum absolute atomic E-state index is 14.0. The summed E-state index contributed by atoms with van der Waals surface area (Å²) in [7, 11) is 0. The number of carbonyl (C=O) groups is 2. The summed E-state index contributed by atoms with van der Waals surface area (Å²) < 4.78 is 46.3. The van der Waals surface area contributed by atoms with Crippen LogP contribution in [0.2, 0.25) is 0 Å². The van der Waals surface area contributed by atoms with E-state index in [1.807, 2.05) is 0 Å². The van der Waals surface area contributed by atoms with Crippen LogP contribution in [0.5, 0.6) is 0 Å². The molecule has 0 N–H and O–H groups in total. The second-order valence-corrected chi connectivity index (χ2v) is 8.08. The summed E-state index contributed by atoms with van der Waals surface area (Å²) in [6, 6.07) is 7.45. The maximum atomic E-state index is 14.0. The highest BCUT2D eigenvalue weighted by Gasteiger charge is 2.36. The van der Waals surface area contributed by atoms with Crippen molar-refractivity contribution >= 4 is 50.9 Å². The van der Waals surface area contributed by atoms with Crippen LogP contribution in [0.3, 0.4) is 0 Å². The molecule has 1 aliphatic rings. The number of amides is 1. The van der Waals surface area contributed by atoms with Crippen molar-refractivity contribution in [2.45, 2.75) is 23.8 Å². The highest BCUT2D eigenvalue weighted by molar-refractivity contribution is 8.00. The first-order chi connectivity index (χ1) is 13.3. The quantitative estimate of drug-likeness (QED) is 0.465. The molecule has 0 fully saturated rings. The predicted octanol–water partition coefficient (Wildman–Crippen LogP) is 4.24. The minimum absolute atomic E-state index is 0.103. The van der Waals surface area contributed by atoms with E-state index in [0.717, 1.165) is 23.1 Å². The minimum Gasteiger partial charge on any atom is -0.441 e. The fraction of sp³-hybridized carbons (Fsp3) is 0.167. The Bertz CT molecular complexity index is 1120. The molecule has 1 aromatic heterocycles. The number of thiazole rings is 1. The molecule has 144 valence electrons. The Morgan fingerprint density at radius 3 is 2.75 bits per heavy atom. The zero-order chi connectivity index (χ0) is 20.0. The van der Waals surface area contributed by atoms with E-state index in [0.29, 0.717) is 16.6 Å². The van der Waals surface area contributed by atoms with Gasteiger partial charge in [-0.3, -0.25) is 9.59 Å². The molecule has 1 aliphatic heterocycles. The maximum Gasteiger partial charge on any atom is 0.304 e. The van der Waals surface area contributed by atoms with Crippen LogP contribution in [0.4, 0.5) is 18.9 Å². The van der Waals surface area contributed by atoms with Gasteiger partial charge in [0.15, 0.2) is 11.6 Å². The number of benzene rings is 2. The highest BCUT2D eigenvalue weighted by atomic mass is 32.2. The molecule has 0 spiro atoms. The van der Waals surface area contributed by atoms with Crippen LogP contribution in [0, 0.1) is 17.5 Å². The number of anilines is 1. The molecule has 0 aliphatic carbocycles. The molecule has 2 heterocycles. The third-order valence-electron chi connectivity index (χ3n) is 3.98. The van der Waals surface area contributed by atoms with Crippen molar-refractivity contribution < 1.29 is 27.5 Å². The number of rotatable bonds is 3. The van der Waals surface area contributed by atoms with Gasteiger partial charge in [-0.05, 0) is 12.1 Å². The first-order valence-electron chi connectivity index (χ1n) is 8.02. The van der Waals surface area contributed by atoms with Crippen LogP contribution in [0.25, 0.3) is 10.2 Å². The molecule has 5 nitrogen and oxygen atoms in total. The zero-order valence-corrected chi connectivity index (χ0v) is 15.9. The van der Waals surface area contributed by atoms with E-state index in [1.165, 1.54) is 11.8 Å². The largest absolute Gasteiger partial charge is 0.441 e. The molecule has 0 saturated carbocycles. The number of para-hydroxylation sites is 1. The summed E-state index contributed by atoms with van der Waals surface area (Å²) in [4.78, 5) is 30.2. The molecule has 1 atom stereocenters. The normalized spacial score (nSPS) is 16.4. The van der Waals surface area contributed by atoms with Crippen molar-refractivity contribution in [1.82, 2.24) is 4.98 Å². The van der Waals surface area contributed by atoms with Crippen molar-refractivity contribution in [3.63, 3.8) is 0 Å². The number of hydrogen-bond donors (Lipinski definition) is 0. The van der Waals surface area contributed by atoms with Gasteiger partial charge in [0.2, 0.25) is 5.44 Å². The van der Waals surface area contributed by atoms with Gasteiger partial charge in [0.1, 0.15) is 16.3 Å². The third-order valence-corrected chi connectivity index (χ3v) is 6.14. The molecule has 28 heavy (non-hydrogen) atoms. The Kier molecular flexibility index (Phi) is 4.76. The Morgan fingerprint density at radius 2 is 2.00 bits per heavy atom. The number of thioether (sulfide) groups is 1. The summed E-state index contributed by atoms with van der Waals surface area (Å²) in [5.74, 6) is -4.59. The van der Waals surface area contributed by atoms with E-state index in [9.17, 15) is 22.8 Å². The molecule has 0 bridgehead atoms. The fourth-order valence-corrected chi connectivity index (χ4v) is 4.86. The summed E-state index contributed by atoms with van der Waals surface area (Å²) >= 11 is 1.93. The number of nitrogens with zero attached hydrogens (tertiary/aromatic N) is 2. The van der Waals surface area contributed by atoms with Gasteiger partial charge in [-0.1, -0.05) is 23.9 Å². The van der Waals surface area contributed by atoms with Crippen LogP contribution in [0.15, 0.2) is 35.2 Å². The SMILES string of the molecule is CC(=O)OC1Sc2ccccc2N(Cc2nc3c(F)c(F)cc(F)c3s2)C1=O. The second-order valence-electron chi connectivity index (χ2n) is 5.89. The number of esters is 1. The number of fused-ring (bicyclic) bond motifs is 2. The Labute approximate surface area is 165 Å². The molecule has 3 aromatic rings. The van der Waals surface area contributed by atoms with Gasteiger partial charge in [0, 0.05) is 17.9 Å². The van der Waals surface area contributed by atoms with Crippen molar-refractivity contribution in [3.8, 4) is 0 Å². The molecular formula is C18H11F3N2O3S2. The number of ether oxygens (including phenoxy) is 1. The van der Waals surface area contributed by atoms with Gasteiger partial charge in [0.25, 0.3) is 5.91 Å². The lowest BCUT2D eigenvalue weighted by Gasteiger charge is -2.32. The molecule has 1 unspecified atom stereocenters. The lowest BCUT2D eigenvalue weighted by Crippen LogP contribution is -2.42. The second kappa shape index (κ2) is 7.10. The van der Waals surface area contributed by atoms with Crippen LogP contribution in [0.1, 0.15) is 11.9 Å². The van der Waals surface area contributed by atoms with Crippen LogP contribution in [-0.4, -0.2) is 22.3 Å². The Hall–Kier alpha value is -2.59. The number of carbonyl (C=O) groups excluding carboxylic acids is 2. The van der Waals surface area contributed by atoms with E-state index < -0.39 is 40.3 Å². The number of hydrogen-bond acceptors (Lipinski definition) is 6. The smallest absolute Gasteiger partial charge is 0.304 e. The summed E-state index contributed by atoms with van der Waals surface area (Å²) in [6.07, 6.45) is 0. The lowest BCUT2D eigenvalue weighted by atomic mass is 10.2. The molecular weight excluding hydrogens is 413 g/mol. The third kappa shape index (κ3) is 3.22. The molecule has 1 amide bonds. The summed E-state index contributed by atoms with van der Waals surface area (Å²) in [6.45, 7) is 1.10. The average Bonchev–Trinajstić information content (AvgIpc) is 3.07. The van der Waals surface area contributed by atoms with Gasteiger partial charge in [0.05, 0.1) is 16.9 Å². The van der Waals surface area contributed by atoms with E-state index in [2.05, 4.69) is 4.98 Å². The van der Waals surface area contributed by atoms with Crippen LogP contribution in [-0.2, 0) is 20.9 Å². The first-order valence-corrected chi connectivity index (χ1v) is 9.72. The van der Waals surface area contributed by atoms with Gasteiger partial charge in [-0.15, -0.1) is 11.3 Å². The van der Waals surface area contributed by atoms with Crippen LogP contribution < -0.4 is 4.90 Å². The van der Waals surface area contributed by atoms with Crippen molar-refractivity contribution in [2.75, 3.05) is 4.90 Å². The van der Waals surface area contributed by atoms with E-state index in [-0.39, 0.29) is 16.3 Å². The van der Waals surface area contributed by atoms with E-state index in [1.54, 1.807) is 24.3 Å². The van der Waals surface area contributed by atoms with Crippen molar-refractivity contribution in [1.29, 1.82) is 0 Å². The molecule has 0 radical (unpaired) electrons. The van der Waals surface area contributed by atoms with Crippen LogP contribution >= 0.6 is 23.1 Å². The molecule has 4 rings (SSSR count). The lowest BCUT2D eigenvalue weighted by molar-refractivity contribution is -0.147. The fourth-order valence-electron chi connectivity index (χ4n) is 2.81. The predicted molar refractivity (Wildman–Crippen MR) is 98.5 cm³/mol. The standard InChI is InChI=1S/C18H11F3N2O3S2/c1-8(24)26-18-17(25)23(11-4-2-3-5-12(11)27-18)7-13-22-15-14(21)9(19)6-10(20)16(15)28-13/h2-6,18H,7H2,1H3. The minimum atomic E-state index is -1.33. The first kappa shape index (κ1) is 18.8. The number of halogens is 3. The Balaban J connectivity index is 1.74. The number of aromatic nitrogens is 1. The Morgan fingerprint density at radius 1 is 1.25 bits per heavy atom. The highest BCUT2D eigenvalue weighted by Crippen LogP contribution is 2.41. The van der Waals surface area contributed by atoms with Gasteiger partial charge >= 0.3 is 5.97 Å². The summed E-state index contributed by atoms with van der Waals surface area (Å²) in [5, 5.41) is 0.218. The van der Waals surface area contributed by atoms with Gasteiger partial charge in [-0.2, -0.15) is 0 Å². The topological polar surface area (TPSA) is 59.5 Å². The molecule has 2 aromatic carbocycles. The molecule has 10 heteroatoms. The van der Waals surface area contributed by atoms with E-state index in [4.69, 9.17) is 4.74 Å².